The van der Waals surface area contributed by atoms with Gasteiger partial charge in [0.05, 0.1) is 7.11 Å². The van der Waals surface area contributed by atoms with Crippen LogP contribution in [-0.4, -0.2) is 50.2 Å². The minimum atomic E-state index is -0.147. The Morgan fingerprint density at radius 2 is 2.38 bits per heavy atom. The molecule has 0 bridgehead atoms. The average Bonchev–Trinajstić information content (AvgIpc) is 2.69. The van der Waals surface area contributed by atoms with Crippen molar-refractivity contribution < 1.29 is 9.53 Å². The average molecular weight is 228 g/mol. The van der Waals surface area contributed by atoms with E-state index in [9.17, 15) is 4.79 Å². The highest BCUT2D eigenvalue weighted by atomic mass is 16.5. The molecule has 0 spiro atoms. The van der Waals surface area contributed by atoms with Gasteiger partial charge >= 0.3 is 5.97 Å². The molecule has 0 radical (unpaired) electrons. The smallest absolute Gasteiger partial charge is 0.322 e. The van der Waals surface area contributed by atoms with E-state index in [2.05, 4.69) is 17.1 Å². The van der Waals surface area contributed by atoms with Gasteiger partial charge in [-0.05, 0) is 31.8 Å². The maximum atomic E-state index is 11.5. The van der Waals surface area contributed by atoms with Crippen molar-refractivity contribution in [3.05, 3.63) is 0 Å². The minimum Gasteiger partial charge on any atom is -0.468 e. The van der Waals surface area contributed by atoms with Gasteiger partial charge in [0.2, 0.25) is 0 Å². The fourth-order valence-electron chi connectivity index (χ4n) is 2.23. The highest BCUT2D eigenvalue weighted by Crippen LogP contribution is 2.15. The van der Waals surface area contributed by atoms with Gasteiger partial charge in [0, 0.05) is 13.1 Å². The Morgan fingerprint density at radius 3 is 2.88 bits per heavy atom. The van der Waals surface area contributed by atoms with Crippen molar-refractivity contribution in [3.8, 4) is 0 Å². The molecule has 0 aromatic rings. The van der Waals surface area contributed by atoms with E-state index in [4.69, 9.17) is 4.74 Å². The molecule has 4 nitrogen and oxygen atoms in total. The van der Waals surface area contributed by atoms with Crippen LogP contribution in [0.5, 0.6) is 0 Å². The van der Waals surface area contributed by atoms with Crippen molar-refractivity contribution >= 4 is 5.97 Å². The third kappa shape index (κ3) is 4.10. The monoisotopic (exact) mass is 228 g/mol. The highest BCUT2D eigenvalue weighted by Gasteiger charge is 2.22. The zero-order chi connectivity index (χ0) is 12.0. The zero-order valence-corrected chi connectivity index (χ0v) is 10.7. The number of hydrogen-bond donors (Lipinski definition) is 1. The van der Waals surface area contributed by atoms with Crippen molar-refractivity contribution in [2.75, 3.05) is 33.3 Å². The summed E-state index contributed by atoms with van der Waals surface area (Å²) in [6, 6.07) is -0.147. The van der Waals surface area contributed by atoms with Gasteiger partial charge in [-0.25, -0.2) is 0 Å². The van der Waals surface area contributed by atoms with Gasteiger partial charge in [-0.3, -0.25) is 4.79 Å². The standard InChI is InChI=1S/C12H24N2O2/c1-4-13-11(12(15)16-3)6-8-14-7-5-10(2)9-14/h10-11,13H,4-9H2,1-3H3. The molecule has 1 saturated heterocycles. The molecule has 2 unspecified atom stereocenters. The SMILES string of the molecule is CCNC(CCN1CCC(C)C1)C(=O)OC. The van der Waals surface area contributed by atoms with Crippen LogP contribution in [0.4, 0.5) is 0 Å². The number of ether oxygens (including phenoxy) is 1. The molecule has 4 heteroatoms. The Bertz CT molecular complexity index is 221. The molecule has 0 aliphatic carbocycles. The summed E-state index contributed by atoms with van der Waals surface area (Å²) in [6.45, 7) is 8.41. The van der Waals surface area contributed by atoms with Gasteiger partial charge in [-0.1, -0.05) is 13.8 Å². The van der Waals surface area contributed by atoms with Gasteiger partial charge in [-0.15, -0.1) is 0 Å². The topological polar surface area (TPSA) is 41.6 Å². The number of carbonyl (C=O) groups is 1. The number of likely N-dealkylation sites (N-methyl/N-ethyl adjacent to an activating group) is 1. The van der Waals surface area contributed by atoms with E-state index >= 15 is 0 Å². The molecule has 1 heterocycles. The van der Waals surface area contributed by atoms with Crippen molar-refractivity contribution in [1.82, 2.24) is 10.2 Å². The summed E-state index contributed by atoms with van der Waals surface area (Å²) in [5.41, 5.74) is 0. The molecule has 1 rings (SSSR count). The number of esters is 1. The number of nitrogens with zero attached hydrogens (tertiary/aromatic N) is 1. The second-order valence-corrected chi connectivity index (χ2v) is 4.62. The van der Waals surface area contributed by atoms with Gasteiger partial charge in [0.15, 0.2) is 0 Å². The number of carbonyl (C=O) groups excluding carboxylic acids is 1. The predicted octanol–water partition coefficient (Wildman–Crippen LogP) is 0.869. The molecule has 1 aliphatic rings. The van der Waals surface area contributed by atoms with E-state index in [0.29, 0.717) is 0 Å². The first-order valence-corrected chi connectivity index (χ1v) is 6.21. The van der Waals surface area contributed by atoms with Crippen molar-refractivity contribution in [2.45, 2.75) is 32.7 Å². The molecule has 0 aromatic carbocycles. The quantitative estimate of drug-likeness (QED) is 0.685. The molecule has 0 amide bonds. The number of nitrogens with one attached hydrogen (secondary N) is 1. The van der Waals surface area contributed by atoms with Crippen LogP contribution in [0.2, 0.25) is 0 Å². The Morgan fingerprint density at radius 1 is 1.62 bits per heavy atom. The van der Waals surface area contributed by atoms with E-state index in [1.807, 2.05) is 6.92 Å². The molecule has 1 aliphatic heterocycles. The number of rotatable bonds is 6. The molecule has 0 aromatic heterocycles. The van der Waals surface area contributed by atoms with Crippen LogP contribution in [0, 0.1) is 5.92 Å². The summed E-state index contributed by atoms with van der Waals surface area (Å²) in [5.74, 6) is 0.657. The Hall–Kier alpha value is -0.610. The molecule has 1 fully saturated rings. The Labute approximate surface area is 98.3 Å². The summed E-state index contributed by atoms with van der Waals surface area (Å²) < 4.78 is 4.78. The summed E-state index contributed by atoms with van der Waals surface area (Å²) in [7, 11) is 1.45. The van der Waals surface area contributed by atoms with E-state index < -0.39 is 0 Å². The fourth-order valence-corrected chi connectivity index (χ4v) is 2.23. The van der Waals surface area contributed by atoms with Gasteiger partial charge < -0.3 is 15.0 Å². The highest BCUT2D eigenvalue weighted by molar-refractivity contribution is 5.75. The first kappa shape index (κ1) is 13.5. The van der Waals surface area contributed by atoms with E-state index in [1.54, 1.807) is 0 Å². The van der Waals surface area contributed by atoms with Crippen LogP contribution in [0.3, 0.4) is 0 Å². The first-order chi connectivity index (χ1) is 7.67. The molecule has 94 valence electrons. The molecule has 0 saturated carbocycles. The number of hydrogen-bond acceptors (Lipinski definition) is 4. The van der Waals surface area contributed by atoms with Crippen molar-refractivity contribution in [1.29, 1.82) is 0 Å². The predicted molar refractivity (Wildman–Crippen MR) is 64.3 cm³/mol. The van der Waals surface area contributed by atoms with Gasteiger partial charge in [0.1, 0.15) is 6.04 Å². The van der Waals surface area contributed by atoms with Crippen molar-refractivity contribution in [3.63, 3.8) is 0 Å². The fraction of sp³-hybridized carbons (Fsp3) is 0.917. The molecular weight excluding hydrogens is 204 g/mol. The summed E-state index contributed by atoms with van der Waals surface area (Å²) in [6.07, 6.45) is 2.12. The first-order valence-electron chi connectivity index (χ1n) is 6.21. The second kappa shape index (κ2) is 6.86. The van der Waals surface area contributed by atoms with E-state index in [-0.39, 0.29) is 12.0 Å². The second-order valence-electron chi connectivity index (χ2n) is 4.62. The summed E-state index contributed by atoms with van der Waals surface area (Å²) in [5, 5.41) is 3.17. The van der Waals surface area contributed by atoms with Gasteiger partial charge in [0.25, 0.3) is 0 Å². The van der Waals surface area contributed by atoms with Gasteiger partial charge in [-0.2, -0.15) is 0 Å². The van der Waals surface area contributed by atoms with Crippen LogP contribution in [0.25, 0.3) is 0 Å². The lowest BCUT2D eigenvalue weighted by molar-refractivity contribution is -0.143. The van der Waals surface area contributed by atoms with Crippen LogP contribution in [0.15, 0.2) is 0 Å². The minimum absolute atomic E-state index is 0.144. The Balaban J connectivity index is 2.29. The lowest BCUT2D eigenvalue weighted by atomic mass is 10.2. The third-order valence-corrected chi connectivity index (χ3v) is 3.18. The van der Waals surface area contributed by atoms with Crippen LogP contribution in [0.1, 0.15) is 26.7 Å². The van der Waals surface area contributed by atoms with E-state index in [0.717, 1.165) is 25.4 Å². The molecule has 2 atom stereocenters. The van der Waals surface area contributed by atoms with Crippen LogP contribution < -0.4 is 5.32 Å². The zero-order valence-electron chi connectivity index (χ0n) is 10.7. The van der Waals surface area contributed by atoms with Crippen molar-refractivity contribution in [2.24, 2.45) is 5.92 Å². The van der Waals surface area contributed by atoms with E-state index in [1.165, 1.54) is 26.6 Å². The largest absolute Gasteiger partial charge is 0.468 e. The molecular formula is C12H24N2O2. The lowest BCUT2D eigenvalue weighted by Crippen LogP contribution is -2.40. The van der Waals surface area contributed by atoms with Crippen LogP contribution >= 0.6 is 0 Å². The Kier molecular flexibility index (Phi) is 5.77. The lowest BCUT2D eigenvalue weighted by Gasteiger charge is -2.20. The maximum absolute atomic E-state index is 11.5. The summed E-state index contributed by atoms with van der Waals surface area (Å²) in [4.78, 5) is 13.9. The molecule has 1 N–H and O–H groups in total. The number of methoxy groups -OCH3 is 1. The summed E-state index contributed by atoms with van der Waals surface area (Å²) >= 11 is 0. The van der Waals surface area contributed by atoms with Crippen LogP contribution in [-0.2, 0) is 9.53 Å². The number of likely N-dealkylation sites (tertiary alicyclic amines) is 1. The third-order valence-electron chi connectivity index (χ3n) is 3.18. The molecule has 16 heavy (non-hydrogen) atoms. The normalized spacial score (nSPS) is 23.3. The maximum Gasteiger partial charge on any atom is 0.322 e.